The van der Waals surface area contributed by atoms with Crippen molar-refractivity contribution < 1.29 is 22.7 Å². The third-order valence-electron chi connectivity index (χ3n) is 2.96. The summed E-state index contributed by atoms with van der Waals surface area (Å²) in [6, 6.07) is 0. The van der Waals surface area contributed by atoms with Gasteiger partial charge >= 0.3 is 6.18 Å². The molecule has 0 saturated heterocycles. The summed E-state index contributed by atoms with van der Waals surface area (Å²) in [6.45, 7) is -1.50. The minimum absolute atomic E-state index is 0.215. The van der Waals surface area contributed by atoms with Crippen LogP contribution in [0.3, 0.4) is 0 Å². The minimum Gasteiger partial charge on any atom is -0.370 e. The lowest BCUT2D eigenvalue weighted by atomic mass is 9.83. The van der Waals surface area contributed by atoms with Crippen LogP contribution in [0.5, 0.6) is 0 Å². The first-order chi connectivity index (χ1) is 8.31. The first-order valence-corrected chi connectivity index (χ1v) is 6.01. The highest BCUT2D eigenvalue weighted by atomic mass is 19.4. The highest BCUT2D eigenvalue weighted by molar-refractivity contribution is 5.77. The van der Waals surface area contributed by atoms with Crippen LogP contribution < -0.4 is 11.1 Å². The maximum absolute atomic E-state index is 11.8. The fourth-order valence-corrected chi connectivity index (χ4v) is 2.00. The van der Waals surface area contributed by atoms with E-state index in [1.807, 2.05) is 0 Å². The first kappa shape index (κ1) is 15.2. The van der Waals surface area contributed by atoms with Crippen LogP contribution in [-0.2, 0) is 9.53 Å². The number of carbonyl (C=O) groups excluding carboxylic acids is 1. The predicted octanol–water partition coefficient (Wildman–Crippen LogP) is 1.34. The Morgan fingerprint density at radius 2 is 1.89 bits per heavy atom. The zero-order chi connectivity index (χ0) is 13.6. The second-order valence-electron chi connectivity index (χ2n) is 4.81. The van der Waals surface area contributed by atoms with E-state index in [-0.39, 0.29) is 13.2 Å². The van der Waals surface area contributed by atoms with E-state index in [0.717, 1.165) is 32.1 Å². The Kier molecular flexibility index (Phi) is 5.40. The fraction of sp³-hybridized carbons (Fsp3) is 0.909. The van der Waals surface area contributed by atoms with E-state index in [9.17, 15) is 18.0 Å². The molecule has 3 N–H and O–H groups in total. The Hall–Kier alpha value is -0.820. The maximum Gasteiger partial charge on any atom is 0.405 e. The summed E-state index contributed by atoms with van der Waals surface area (Å²) in [5.41, 5.74) is 5.62. The number of hydrogen-bond donors (Lipinski definition) is 2. The Morgan fingerprint density at radius 1 is 1.28 bits per heavy atom. The van der Waals surface area contributed by atoms with Crippen molar-refractivity contribution in [3.8, 4) is 0 Å². The van der Waals surface area contributed by atoms with Crippen molar-refractivity contribution in [3.05, 3.63) is 0 Å². The Morgan fingerprint density at radius 3 is 2.44 bits per heavy atom. The molecule has 4 nitrogen and oxygen atoms in total. The number of halogens is 3. The zero-order valence-corrected chi connectivity index (χ0v) is 10.2. The number of alkyl halides is 3. The topological polar surface area (TPSA) is 64.3 Å². The van der Waals surface area contributed by atoms with E-state index in [0.29, 0.717) is 0 Å². The van der Waals surface area contributed by atoms with Gasteiger partial charge in [-0.3, -0.25) is 4.79 Å². The van der Waals surface area contributed by atoms with Gasteiger partial charge in [0.15, 0.2) is 0 Å². The van der Waals surface area contributed by atoms with E-state index < -0.39 is 24.2 Å². The number of rotatable bonds is 5. The Balaban J connectivity index is 2.15. The van der Waals surface area contributed by atoms with Crippen molar-refractivity contribution in [3.63, 3.8) is 0 Å². The number of nitrogens with two attached hydrogens (primary N) is 1. The van der Waals surface area contributed by atoms with Crippen LogP contribution in [0.25, 0.3) is 0 Å². The Labute approximate surface area is 104 Å². The molecule has 0 unspecified atom stereocenters. The smallest absolute Gasteiger partial charge is 0.370 e. The van der Waals surface area contributed by atoms with Crippen molar-refractivity contribution in [2.75, 3.05) is 19.8 Å². The molecule has 0 radical (unpaired) electrons. The summed E-state index contributed by atoms with van der Waals surface area (Å²) in [6.07, 6.45) is 0.466. The molecule has 1 saturated carbocycles. The molecular formula is C11H19F3N2O2. The molecular weight excluding hydrogens is 249 g/mol. The molecule has 1 fully saturated rings. The van der Waals surface area contributed by atoms with Crippen molar-refractivity contribution in [1.82, 2.24) is 5.32 Å². The largest absolute Gasteiger partial charge is 0.405 e. The first-order valence-electron chi connectivity index (χ1n) is 6.01. The zero-order valence-electron chi connectivity index (χ0n) is 10.2. The molecule has 0 atom stereocenters. The molecule has 106 valence electrons. The molecule has 1 amide bonds. The third kappa shape index (κ3) is 6.20. The van der Waals surface area contributed by atoms with E-state index >= 15 is 0 Å². The van der Waals surface area contributed by atoms with E-state index in [2.05, 4.69) is 0 Å². The molecule has 0 bridgehead atoms. The normalized spacial score (nSPS) is 19.6. The van der Waals surface area contributed by atoms with Crippen LogP contribution in [0.15, 0.2) is 0 Å². The summed E-state index contributed by atoms with van der Waals surface area (Å²) in [5, 5.41) is 1.74. The number of hydrogen-bond acceptors (Lipinski definition) is 3. The van der Waals surface area contributed by atoms with Gasteiger partial charge in [-0.05, 0) is 12.8 Å². The number of nitrogens with one attached hydrogen (secondary N) is 1. The van der Waals surface area contributed by atoms with Gasteiger partial charge in [0.2, 0.25) is 5.91 Å². The van der Waals surface area contributed by atoms with Crippen LogP contribution in [-0.4, -0.2) is 37.4 Å². The molecule has 0 aromatic rings. The molecule has 0 spiro atoms. The van der Waals surface area contributed by atoms with Crippen LogP contribution in [0.2, 0.25) is 0 Å². The van der Waals surface area contributed by atoms with Gasteiger partial charge in [0.25, 0.3) is 0 Å². The maximum atomic E-state index is 11.8. The van der Waals surface area contributed by atoms with Crippen LogP contribution in [0.1, 0.15) is 32.1 Å². The van der Waals surface area contributed by atoms with Gasteiger partial charge in [-0.15, -0.1) is 0 Å². The van der Waals surface area contributed by atoms with Crippen LogP contribution >= 0.6 is 0 Å². The lowest BCUT2D eigenvalue weighted by Gasteiger charge is -2.32. The molecule has 0 aromatic heterocycles. The summed E-state index contributed by atoms with van der Waals surface area (Å²) in [5.74, 6) is -0.772. The molecule has 18 heavy (non-hydrogen) atoms. The number of ether oxygens (including phenoxy) is 1. The SMILES string of the molecule is NC1(COCC(=O)NCC(F)(F)F)CCCCC1. The van der Waals surface area contributed by atoms with Gasteiger partial charge in [0.1, 0.15) is 13.2 Å². The molecule has 0 aromatic carbocycles. The third-order valence-corrected chi connectivity index (χ3v) is 2.96. The highest BCUT2D eigenvalue weighted by Crippen LogP contribution is 2.25. The van der Waals surface area contributed by atoms with Gasteiger partial charge in [0, 0.05) is 5.54 Å². The summed E-state index contributed by atoms with van der Waals surface area (Å²) in [7, 11) is 0. The summed E-state index contributed by atoms with van der Waals surface area (Å²) >= 11 is 0. The lowest BCUT2D eigenvalue weighted by Crippen LogP contribution is -2.47. The average molecular weight is 268 g/mol. The Bertz CT molecular complexity index is 276. The average Bonchev–Trinajstić information content (AvgIpc) is 2.26. The highest BCUT2D eigenvalue weighted by Gasteiger charge is 2.29. The van der Waals surface area contributed by atoms with Crippen molar-refractivity contribution in [2.24, 2.45) is 5.73 Å². The summed E-state index contributed by atoms with van der Waals surface area (Å²) in [4.78, 5) is 11.1. The quantitative estimate of drug-likeness (QED) is 0.791. The summed E-state index contributed by atoms with van der Waals surface area (Å²) < 4.78 is 40.5. The lowest BCUT2D eigenvalue weighted by molar-refractivity contribution is -0.141. The van der Waals surface area contributed by atoms with Gasteiger partial charge in [-0.25, -0.2) is 0 Å². The number of amides is 1. The monoisotopic (exact) mass is 268 g/mol. The van der Waals surface area contributed by atoms with Crippen LogP contribution in [0, 0.1) is 0 Å². The molecule has 7 heteroatoms. The van der Waals surface area contributed by atoms with Crippen LogP contribution in [0.4, 0.5) is 13.2 Å². The molecule has 0 heterocycles. The second kappa shape index (κ2) is 6.38. The molecule has 0 aliphatic heterocycles. The molecule has 1 aliphatic rings. The van der Waals surface area contributed by atoms with Crippen molar-refractivity contribution >= 4 is 5.91 Å². The second-order valence-corrected chi connectivity index (χ2v) is 4.81. The van der Waals surface area contributed by atoms with Gasteiger partial charge in [-0.1, -0.05) is 19.3 Å². The van der Waals surface area contributed by atoms with Crippen molar-refractivity contribution in [2.45, 2.75) is 43.8 Å². The fourth-order valence-electron chi connectivity index (χ4n) is 2.00. The van der Waals surface area contributed by atoms with E-state index in [1.54, 1.807) is 5.32 Å². The van der Waals surface area contributed by atoms with E-state index in [4.69, 9.17) is 10.5 Å². The van der Waals surface area contributed by atoms with Gasteiger partial charge in [0.05, 0.1) is 6.61 Å². The van der Waals surface area contributed by atoms with Crippen molar-refractivity contribution in [1.29, 1.82) is 0 Å². The van der Waals surface area contributed by atoms with E-state index in [1.165, 1.54) is 0 Å². The van der Waals surface area contributed by atoms with Gasteiger partial charge < -0.3 is 15.8 Å². The standard InChI is InChI=1S/C11H19F3N2O2/c12-11(13,14)7-16-9(17)6-18-8-10(15)4-2-1-3-5-10/h1-8,15H2,(H,16,17). The molecule has 1 rings (SSSR count). The predicted molar refractivity (Wildman–Crippen MR) is 59.9 cm³/mol. The minimum atomic E-state index is -4.39. The van der Waals surface area contributed by atoms with Gasteiger partial charge in [-0.2, -0.15) is 13.2 Å². The number of carbonyl (C=O) groups is 1. The molecule has 1 aliphatic carbocycles.